The van der Waals surface area contributed by atoms with E-state index >= 15 is 0 Å². The lowest BCUT2D eigenvalue weighted by molar-refractivity contribution is 0.0698. The molecule has 1 aromatic carbocycles. The maximum absolute atomic E-state index is 12.9. The minimum Gasteiger partial charge on any atom is -0.478 e. The van der Waals surface area contributed by atoms with Crippen LogP contribution in [0, 0.1) is 8.70 Å². The molecule has 1 N–H and O–H groups in total. The zero-order valence-electron chi connectivity index (χ0n) is 6.75. The molecule has 0 radical (unpaired) electrons. The number of benzene rings is 1. The minimum absolute atomic E-state index is 0.192. The molecule has 0 amide bonds. The second-order valence-electron chi connectivity index (χ2n) is 2.70. The van der Waals surface area contributed by atoms with Gasteiger partial charge >= 0.3 is 5.97 Å². The summed E-state index contributed by atoms with van der Waals surface area (Å²) in [5.74, 6) is -1.01. The van der Waals surface area contributed by atoms with Gasteiger partial charge in [0.25, 0.3) is 0 Å². The predicted octanol–water partition coefficient (Wildman–Crippen LogP) is 3.34. The van der Waals surface area contributed by atoms with Crippen LogP contribution in [0.4, 0.5) is 4.39 Å². The van der Waals surface area contributed by atoms with Gasteiger partial charge in [0.2, 0.25) is 0 Å². The number of thiophene rings is 1. The third-order valence-electron chi connectivity index (χ3n) is 1.82. The van der Waals surface area contributed by atoms with Crippen molar-refractivity contribution in [1.82, 2.24) is 0 Å². The van der Waals surface area contributed by atoms with Gasteiger partial charge in [0.1, 0.15) is 0 Å². The highest BCUT2D eigenvalue weighted by Gasteiger charge is 2.15. The Morgan fingerprint density at radius 2 is 2.21 bits per heavy atom. The van der Waals surface area contributed by atoms with Crippen LogP contribution in [0.15, 0.2) is 18.2 Å². The number of carboxylic acid groups (broad SMARTS) is 1. The van der Waals surface area contributed by atoms with E-state index in [1.807, 2.05) is 22.6 Å². The van der Waals surface area contributed by atoms with Crippen molar-refractivity contribution in [2.45, 2.75) is 0 Å². The predicted molar refractivity (Wildman–Crippen MR) is 61.5 cm³/mol. The van der Waals surface area contributed by atoms with Gasteiger partial charge in [-0.2, -0.15) is 4.39 Å². The first-order valence-electron chi connectivity index (χ1n) is 3.70. The molecule has 2 aromatic rings. The lowest BCUT2D eigenvalue weighted by Crippen LogP contribution is -1.99. The molecule has 0 bridgehead atoms. The van der Waals surface area contributed by atoms with E-state index < -0.39 is 5.97 Å². The smallest absolute Gasteiger partial charge is 0.338 e. The van der Waals surface area contributed by atoms with Crippen LogP contribution < -0.4 is 0 Å². The molecule has 0 aliphatic carbocycles. The van der Waals surface area contributed by atoms with Gasteiger partial charge in [0, 0.05) is 3.57 Å². The van der Waals surface area contributed by atoms with Crippen molar-refractivity contribution in [2.24, 2.45) is 0 Å². The number of hydrogen-bond acceptors (Lipinski definition) is 2. The quantitative estimate of drug-likeness (QED) is 0.818. The van der Waals surface area contributed by atoms with E-state index in [1.54, 1.807) is 12.1 Å². The number of rotatable bonds is 1. The second kappa shape index (κ2) is 3.47. The number of hydrogen-bond donors (Lipinski definition) is 1. The van der Waals surface area contributed by atoms with Crippen molar-refractivity contribution < 1.29 is 14.3 Å². The van der Waals surface area contributed by atoms with E-state index in [0.29, 0.717) is 13.7 Å². The molecule has 0 spiro atoms. The highest BCUT2D eigenvalue weighted by atomic mass is 127. The van der Waals surface area contributed by atoms with Crippen LogP contribution in [-0.4, -0.2) is 11.1 Å². The topological polar surface area (TPSA) is 37.3 Å². The van der Waals surface area contributed by atoms with Crippen LogP contribution >= 0.6 is 33.9 Å². The maximum atomic E-state index is 12.9. The number of aromatic carboxylic acids is 1. The zero-order chi connectivity index (χ0) is 10.3. The molecule has 2 rings (SSSR count). The van der Waals surface area contributed by atoms with Crippen LogP contribution in [0.2, 0.25) is 0 Å². The van der Waals surface area contributed by atoms with Gasteiger partial charge in [-0.25, -0.2) is 4.79 Å². The van der Waals surface area contributed by atoms with E-state index in [0.717, 1.165) is 11.3 Å². The van der Waals surface area contributed by atoms with Crippen molar-refractivity contribution in [1.29, 1.82) is 0 Å². The van der Waals surface area contributed by atoms with Crippen molar-refractivity contribution in [2.75, 3.05) is 0 Å². The van der Waals surface area contributed by atoms with Crippen LogP contribution in [0.5, 0.6) is 0 Å². The SMILES string of the molecule is O=C(O)c1c(I)ccc2cc(F)sc12. The highest BCUT2D eigenvalue weighted by molar-refractivity contribution is 14.1. The summed E-state index contributed by atoms with van der Waals surface area (Å²) in [7, 11) is 0. The van der Waals surface area contributed by atoms with Gasteiger partial charge in [0.05, 0.1) is 10.3 Å². The van der Waals surface area contributed by atoms with Gasteiger partial charge in [-0.15, -0.1) is 11.3 Å². The average molecular weight is 322 g/mol. The molecule has 0 saturated heterocycles. The number of halogens is 2. The molecule has 1 aromatic heterocycles. The maximum Gasteiger partial charge on any atom is 0.338 e. The van der Waals surface area contributed by atoms with E-state index in [2.05, 4.69) is 0 Å². The first-order valence-corrected chi connectivity index (χ1v) is 5.60. The summed E-state index contributed by atoms with van der Waals surface area (Å²) in [5.41, 5.74) is 0.192. The first-order chi connectivity index (χ1) is 6.59. The lowest BCUT2D eigenvalue weighted by atomic mass is 10.2. The standard InChI is InChI=1S/C9H4FIO2S/c10-6-3-4-1-2-5(11)7(9(12)13)8(4)14-6/h1-3H,(H,12,13). The molecule has 0 saturated carbocycles. The fraction of sp³-hybridized carbons (Fsp3) is 0. The van der Waals surface area contributed by atoms with Crippen LogP contribution in [0.25, 0.3) is 10.1 Å². The lowest BCUT2D eigenvalue weighted by Gasteiger charge is -1.99. The van der Waals surface area contributed by atoms with Crippen molar-refractivity contribution in [3.63, 3.8) is 0 Å². The van der Waals surface area contributed by atoms with Crippen LogP contribution in [0.3, 0.4) is 0 Å². The molecule has 5 heteroatoms. The molecule has 0 aliphatic rings. The van der Waals surface area contributed by atoms with Crippen molar-refractivity contribution in [3.8, 4) is 0 Å². The van der Waals surface area contributed by atoms with Gasteiger partial charge in [-0.1, -0.05) is 6.07 Å². The number of fused-ring (bicyclic) bond motifs is 1. The van der Waals surface area contributed by atoms with E-state index in [1.165, 1.54) is 6.07 Å². The molecule has 0 aliphatic heterocycles. The molecule has 0 unspecified atom stereocenters. The largest absolute Gasteiger partial charge is 0.478 e. The Balaban J connectivity index is 2.88. The Bertz CT molecular complexity index is 521. The molecule has 72 valence electrons. The number of carboxylic acids is 1. The summed E-state index contributed by atoms with van der Waals surface area (Å²) in [5, 5.41) is 9.24. The van der Waals surface area contributed by atoms with Gasteiger partial charge in [-0.05, 0) is 40.1 Å². The third kappa shape index (κ3) is 1.50. The van der Waals surface area contributed by atoms with Crippen molar-refractivity contribution in [3.05, 3.63) is 32.5 Å². The van der Waals surface area contributed by atoms with Gasteiger partial charge < -0.3 is 5.11 Å². The van der Waals surface area contributed by atoms with E-state index in [4.69, 9.17) is 5.11 Å². The summed E-state index contributed by atoms with van der Waals surface area (Å²) >= 11 is 2.81. The summed E-state index contributed by atoms with van der Waals surface area (Å²) in [6.45, 7) is 0. The molecule has 14 heavy (non-hydrogen) atoms. The molecular formula is C9H4FIO2S. The Hall–Kier alpha value is -0.690. The molecule has 0 atom stereocenters. The third-order valence-corrected chi connectivity index (χ3v) is 3.68. The van der Waals surface area contributed by atoms with Crippen molar-refractivity contribution >= 4 is 50.0 Å². The summed E-state index contributed by atoms with van der Waals surface area (Å²) in [6, 6.07) is 4.75. The zero-order valence-corrected chi connectivity index (χ0v) is 9.73. The van der Waals surface area contributed by atoms with Gasteiger partial charge in [0.15, 0.2) is 5.13 Å². The fourth-order valence-electron chi connectivity index (χ4n) is 1.25. The Morgan fingerprint density at radius 3 is 2.86 bits per heavy atom. The molecule has 1 heterocycles. The van der Waals surface area contributed by atoms with E-state index in [-0.39, 0.29) is 10.7 Å². The summed E-state index contributed by atoms with van der Waals surface area (Å²) in [4.78, 5) is 10.9. The average Bonchev–Trinajstić information content (AvgIpc) is 2.43. The monoisotopic (exact) mass is 322 g/mol. The fourth-order valence-corrected chi connectivity index (χ4v) is 3.04. The van der Waals surface area contributed by atoms with Crippen LogP contribution in [-0.2, 0) is 0 Å². The second-order valence-corrected chi connectivity index (χ2v) is 4.86. The molecule has 0 fully saturated rings. The van der Waals surface area contributed by atoms with E-state index in [9.17, 15) is 9.18 Å². The highest BCUT2D eigenvalue weighted by Crippen LogP contribution is 2.30. The number of carbonyl (C=O) groups is 1. The van der Waals surface area contributed by atoms with Crippen LogP contribution in [0.1, 0.15) is 10.4 Å². The van der Waals surface area contributed by atoms with Gasteiger partial charge in [-0.3, -0.25) is 0 Å². The molecule has 2 nitrogen and oxygen atoms in total. The summed E-state index contributed by atoms with van der Waals surface area (Å²) in [6.07, 6.45) is 0. The Morgan fingerprint density at radius 1 is 1.50 bits per heavy atom. The molecular weight excluding hydrogens is 318 g/mol. The normalized spacial score (nSPS) is 10.7. The summed E-state index contributed by atoms with van der Waals surface area (Å²) < 4.78 is 14.1. The Kier molecular flexibility index (Phi) is 2.44. The minimum atomic E-state index is -1.01. The first kappa shape index (κ1) is 9.85. The Labute approximate surface area is 96.5 Å².